The van der Waals surface area contributed by atoms with E-state index in [0.29, 0.717) is 18.5 Å². The van der Waals surface area contributed by atoms with Gasteiger partial charge in [-0.1, -0.05) is 12.1 Å². The first-order valence-corrected chi connectivity index (χ1v) is 7.26. The second kappa shape index (κ2) is 7.35. The monoisotopic (exact) mass is 302 g/mol. The van der Waals surface area contributed by atoms with Gasteiger partial charge in [-0.2, -0.15) is 0 Å². The van der Waals surface area contributed by atoms with Crippen molar-refractivity contribution in [1.29, 1.82) is 0 Å². The molecule has 0 atom stereocenters. The summed E-state index contributed by atoms with van der Waals surface area (Å²) in [6.45, 7) is 0.531. The number of carboxylic acid groups (broad SMARTS) is 1. The summed E-state index contributed by atoms with van der Waals surface area (Å²) < 4.78 is 0. The van der Waals surface area contributed by atoms with Crippen LogP contribution in [-0.4, -0.2) is 28.5 Å². The minimum atomic E-state index is -1.00. The van der Waals surface area contributed by atoms with Crippen LogP contribution in [0.15, 0.2) is 41.2 Å². The standard InChI is InChI=1S/C15H14N2O3S/c18-14(19)6-3-11-1-4-12(5-2-11)15(20)16-8-7-13-9-21-10-17-13/h1-6,9-10H,7-8H2,(H,16,20)(H,18,19). The summed E-state index contributed by atoms with van der Waals surface area (Å²) >= 11 is 1.53. The number of rotatable bonds is 6. The Morgan fingerprint density at radius 1 is 1.29 bits per heavy atom. The molecule has 21 heavy (non-hydrogen) atoms. The van der Waals surface area contributed by atoms with Gasteiger partial charge in [0.1, 0.15) is 0 Å². The number of carboxylic acids is 1. The Bertz CT molecular complexity index is 633. The lowest BCUT2D eigenvalue weighted by Gasteiger charge is -2.04. The van der Waals surface area contributed by atoms with E-state index in [4.69, 9.17) is 5.11 Å². The maximum atomic E-state index is 11.9. The minimum Gasteiger partial charge on any atom is -0.478 e. The molecule has 2 aromatic rings. The molecule has 0 spiro atoms. The SMILES string of the molecule is O=C(O)C=Cc1ccc(C(=O)NCCc2cscn2)cc1. The highest BCUT2D eigenvalue weighted by molar-refractivity contribution is 7.07. The molecule has 1 heterocycles. The highest BCUT2D eigenvalue weighted by Crippen LogP contribution is 2.06. The molecule has 6 heteroatoms. The maximum absolute atomic E-state index is 11.9. The summed E-state index contributed by atoms with van der Waals surface area (Å²) in [7, 11) is 0. The van der Waals surface area contributed by atoms with Gasteiger partial charge < -0.3 is 10.4 Å². The molecule has 0 saturated heterocycles. The molecule has 0 unspecified atom stereocenters. The number of nitrogens with one attached hydrogen (secondary N) is 1. The molecule has 2 N–H and O–H groups in total. The highest BCUT2D eigenvalue weighted by atomic mass is 32.1. The molecule has 108 valence electrons. The van der Waals surface area contributed by atoms with E-state index < -0.39 is 5.97 Å². The van der Waals surface area contributed by atoms with E-state index in [0.717, 1.165) is 17.3 Å². The van der Waals surface area contributed by atoms with Crippen LogP contribution in [0.25, 0.3) is 6.08 Å². The molecule has 0 aliphatic heterocycles. The lowest BCUT2D eigenvalue weighted by molar-refractivity contribution is -0.131. The fraction of sp³-hybridized carbons (Fsp3) is 0.133. The van der Waals surface area contributed by atoms with Crippen LogP contribution in [0.2, 0.25) is 0 Å². The van der Waals surface area contributed by atoms with Gasteiger partial charge >= 0.3 is 5.97 Å². The molecule has 0 saturated carbocycles. The largest absolute Gasteiger partial charge is 0.478 e. The van der Waals surface area contributed by atoms with Crippen molar-refractivity contribution < 1.29 is 14.7 Å². The molecule has 0 radical (unpaired) electrons. The van der Waals surface area contributed by atoms with Crippen molar-refractivity contribution >= 4 is 29.3 Å². The third-order valence-electron chi connectivity index (χ3n) is 2.74. The second-order valence-electron chi connectivity index (χ2n) is 4.28. The lowest BCUT2D eigenvalue weighted by atomic mass is 10.1. The molecule has 1 aromatic heterocycles. The van der Waals surface area contributed by atoms with Crippen molar-refractivity contribution in [1.82, 2.24) is 10.3 Å². The van der Waals surface area contributed by atoms with Gasteiger partial charge in [-0.25, -0.2) is 9.78 Å². The van der Waals surface area contributed by atoms with E-state index in [1.165, 1.54) is 17.4 Å². The van der Waals surface area contributed by atoms with E-state index in [9.17, 15) is 9.59 Å². The average molecular weight is 302 g/mol. The van der Waals surface area contributed by atoms with Crippen LogP contribution in [0.4, 0.5) is 0 Å². The van der Waals surface area contributed by atoms with E-state index in [1.54, 1.807) is 29.8 Å². The highest BCUT2D eigenvalue weighted by Gasteiger charge is 2.04. The van der Waals surface area contributed by atoms with Crippen LogP contribution >= 0.6 is 11.3 Å². The van der Waals surface area contributed by atoms with Crippen molar-refractivity contribution in [3.63, 3.8) is 0 Å². The molecule has 2 rings (SSSR count). The topological polar surface area (TPSA) is 79.3 Å². The molecule has 1 aromatic carbocycles. The van der Waals surface area contributed by atoms with Gasteiger partial charge in [-0.3, -0.25) is 4.79 Å². The van der Waals surface area contributed by atoms with Crippen LogP contribution in [0.5, 0.6) is 0 Å². The number of carbonyl (C=O) groups excluding carboxylic acids is 1. The second-order valence-corrected chi connectivity index (χ2v) is 5.00. The fourth-order valence-corrected chi connectivity index (χ4v) is 2.27. The summed E-state index contributed by atoms with van der Waals surface area (Å²) in [5, 5.41) is 13.3. The number of hydrogen-bond donors (Lipinski definition) is 2. The van der Waals surface area contributed by atoms with Crippen molar-refractivity contribution in [2.24, 2.45) is 0 Å². The maximum Gasteiger partial charge on any atom is 0.328 e. The van der Waals surface area contributed by atoms with Gasteiger partial charge in [-0.15, -0.1) is 11.3 Å². The van der Waals surface area contributed by atoms with Crippen molar-refractivity contribution in [2.45, 2.75) is 6.42 Å². The number of benzene rings is 1. The van der Waals surface area contributed by atoms with Crippen molar-refractivity contribution in [2.75, 3.05) is 6.54 Å². The number of carbonyl (C=O) groups is 2. The van der Waals surface area contributed by atoms with Gasteiger partial charge in [0.05, 0.1) is 11.2 Å². The van der Waals surface area contributed by atoms with Crippen LogP contribution in [-0.2, 0) is 11.2 Å². The molecular formula is C15H14N2O3S. The normalized spacial score (nSPS) is 10.7. The van der Waals surface area contributed by atoms with Crippen molar-refractivity contribution in [3.8, 4) is 0 Å². The molecule has 0 fully saturated rings. The van der Waals surface area contributed by atoms with E-state index >= 15 is 0 Å². The third-order valence-corrected chi connectivity index (χ3v) is 3.38. The molecule has 5 nitrogen and oxygen atoms in total. The van der Waals surface area contributed by atoms with Gasteiger partial charge in [0.2, 0.25) is 0 Å². The van der Waals surface area contributed by atoms with Crippen LogP contribution < -0.4 is 5.32 Å². The quantitative estimate of drug-likeness (QED) is 0.802. The molecule has 0 bridgehead atoms. The van der Waals surface area contributed by atoms with Crippen LogP contribution in [0.1, 0.15) is 21.6 Å². The predicted octanol–water partition coefficient (Wildman–Crippen LogP) is 2.21. The molecular weight excluding hydrogens is 288 g/mol. The molecule has 1 amide bonds. The fourth-order valence-electron chi connectivity index (χ4n) is 1.68. The number of thiazole rings is 1. The Morgan fingerprint density at radius 3 is 2.67 bits per heavy atom. The zero-order chi connectivity index (χ0) is 15.1. The van der Waals surface area contributed by atoms with E-state index in [1.807, 2.05) is 5.38 Å². The number of aromatic nitrogens is 1. The number of nitrogens with zero attached hydrogens (tertiary/aromatic N) is 1. The average Bonchev–Trinajstić information content (AvgIpc) is 2.99. The van der Waals surface area contributed by atoms with Crippen LogP contribution in [0, 0.1) is 0 Å². The van der Waals surface area contributed by atoms with Crippen LogP contribution in [0.3, 0.4) is 0 Å². The molecule has 0 aliphatic rings. The van der Waals surface area contributed by atoms with Gasteiger partial charge in [0.15, 0.2) is 0 Å². The summed E-state index contributed by atoms with van der Waals surface area (Å²) in [4.78, 5) is 26.5. The first-order chi connectivity index (χ1) is 10.1. The predicted molar refractivity (Wildman–Crippen MR) is 81.3 cm³/mol. The zero-order valence-corrected chi connectivity index (χ0v) is 12.0. The number of amides is 1. The number of hydrogen-bond acceptors (Lipinski definition) is 4. The first-order valence-electron chi connectivity index (χ1n) is 6.31. The summed E-state index contributed by atoms with van der Waals surface area (Å²) in [6, 6.07) is 6.74. The van der Waals surface area contributed by atoms with E-state index in [2.05, 4.69) is 10.3 Å². The summed E-state index contributed by atoms with van der Waals surface area (Å²) in [5.41, 5.74) is 4.01. The Balaban J connectivity index is 1.86. The van der Waals surface area contributed by atoms with Gasteiger partial charge in [0.25, 0.3) is 5.91 Å². The Labute approximate surface area is 126 Å². The minimum absolute atomic E-state index is 0.154. The third kappa shape index (κ3) is 4.85. The first kappa shape index (κ1) is 14.9. The van der Waals surface area contributed by atoms with Gasteiger partial charge in [-0.05, 0) is 23.8 Å². The Hall–Kier alpha value is -2.47. The smallest absolute Gasteiger partial charge is 0.328 e. The van der Waals surface area contributed by atoms with E-state index in [-0.39, 0.29) is 5.91 Å². The Kier molecular flexibility index (Phi) is 5.22. The van der Waals surface area contributed by atoms with Crippen molar-refractivity contribution in [3.05, 3.63) is 58.1 Å². The summed E-state index contributed by atoms with van der Waals surface area (Å²) in [5.74, 6) is -1.15. The number of aliphatic carboxylic acids is 1. The van der Waals surface area contributed by atoms with Gasteiger partial charge in [0, 0.05) is 30.0 Å². The lowest BCUT2D eigenvalue weighted by Crippen LogP contribution is -2.25. The zero-order valence-electron chi connectivity index (χ0n) is 11.2. The summed E-state index contributed by atoms with van der Waals surface area (Å²) in [6.07, 6.45) is 3.24. The Morgan fingerprint density at radius 2 is 2.05 bits per heavy atom. The molecule has 0 aliphatic carbocycles.